The smallest absolute Gasteiger partial charge is 0.129 e. The molecule has 0 spiro atoms. The molecule has 148 valence electrons. The van der Waals surface area contributed by atoms with E-state index >= 15 is 0 Å². The van der Waals surface area contributed by atoms with Gasteiger partial charge in [0.1, 0.15) is 8.07 Å². The molecule has 0 fully saturated rings. The van der Waals surface area contributed by atoms with Crippen molar-refractivity contribution in [3.8, 4) is 23.8 Å². The van der Waals surface area contributed by atoms with Crippen LogP contribution in [0.5, 0.6) is 0 Å². The fourth-order valence-electron chi connectivity index (χ4n) is 2.22. The quantitative estimate of drug-likeness (QED) is 0.511. The van der Waals surface area contributed by atoms with Crippen LogP contribution in [0.1, 0.15) is 22.3 Å². The van der Waals surface area contributed by atoms with Crippen molar-refractivity contribution in [3.63, 3.8) is 0 Å². The maximum absolute atomic E-state index is 5.23. The van der Waals surface area contributed by atoms with E-state index < -0.39 is 8.07 Å². The lowest BCUT2D eigenvalue weighted by Crippen LogP contribution is -2.16. The summed E-state index contributed by atoms with van der Waals surface area (Å²) in [5.41, 5.74) is 7.97. The van der Waals surface area contributed by atoms with Crippen LogP contribution in [0.25, 0.3) is 0 Å². The fourth-order valence-corrected chi connectivity index (χ4v) is 2.74. The van der Waals surface area contributed by atoms with Gasteiger partial charge in [0.25, 0.3) is 0 Å². The van der Waals surface area contributed by atoms with E-state index in [0.717, 1.165) is 37.2 Å². The number of terminal acetylenes is 1. The first-order valence-corrected chi connectivity index (χ1v) is 13.0. The predicted molar refractivity (Wildman–Crippen MR) is 122 cm³/mol. The van der Waals surface area contributed by atoms with Crippen molar-refractivity contribution in [3.05, 3.63) is 70.8 Å². The van der Waals surface area contributed by atoms with E-state index in [0.29, 0.717) is 0 Å². The summed E-state index contributed by atoms with van der Waals surface area (Å²) in [5, 5.41) is 0. The molecule has 0 unspecified atom stereocenters. The Hall–Kier alpha value is -2.30. The average Bonchev–Trinajstić information content (AvgIpc) is 2.70. The SMILES string of the molecule is C#Cc1ccc(CCOC)cc1.COCCc1ccc(C#C[Si](C)(C)C)cc1. The maximum atomic E-state index is 5.23. The monoisotopic (exact) mass is 392 g/mol. The second-order valence-electron chi connectivity index (χ2n) is 7.52. The van der Waals surface area contributed by atoms with E-state index in [1.165, 1.54) is 11.1 Å². The largest absolute Gasteiger partial charge is 0.384 e. The van der Waals surface area contributed by atoms with Gasteiger partial charge < -0.3 is 9.47 Å². The van der Waals surface area contributed by atoms with E-state index in [-0.39, 0.29) is 0 Å². The van der Waals surface area contributed by atoms with E-state index in [9.17, 15) is 0 Å². The summed E-state index contributed by atoms with van der Waals surface area (Å²) in [5.74, 6) is 5.83. The molecule has 0 aliphatic carbocycles. The summed E-state index contributed by atoms with van der Waals surface area (Å²) in [6.45, 7) is 8.31. The minimum Gasteiger partial charge on any atom is -0.384 e. The molecule has 0 saturated carbocycles. The van der Waals surface area contributed by atoms with Gasteiger partial charge in [0.05, 0.1) is 13.2 Å². The number of hydrogen-bond acceptors (Lipinski definition) is 2. The molecule has 3 heteroatoms. The van der Waals surface area contributed by atoms with Crippen molar-refractivity contribution >= 4 is 8.07 Å². The molecule has 0 bridgehead atoms. The molecule has 0 atom stereocenters. The van der Waals surface area contributed by atoms with Crippen LogP contribution in [0, 0.1) is 23.8 Å². The summed E-state index contributed by atoms with van der Waals surface area (Å²) < 4.78 is 10.0. The van der Waals surface area contributed by atoms with E-state index in [1.54, 1.807) is 14.2 Å². The first-order chi connectivity index (χ1) is 13.4. The molecule has 2 aromatic carbocycles. The summed E-state index contributed by atoms with van der Waals surface area (Å²) in [6.07, 6.45) is 7.14. The van der Waals surface area contributed by atoms with E-state index in [1.807, 2.05) is 24.3 Å². The molecule has 0 aliphatic rings. The zero-order valence-corrected chi connectivity index (χ0v) is 18.8. The molecule has 2 rings (SSSR count). The highest BCUT2D eigenvalue weighted by molar-refractivity contribution is 6.83. The van der Waals surface area contributed by atoms with Crippen LogP contribution >= 0.6 is 0 Å². The zero-order valence-electron chi connectivity index (χ0n) is 17.8. The number of rotatable bonds is 6. The summed E-state index contributed by atoms with van der Waals surface area (Å²) in [4.78, 5) is 0. The van der Waals surface area contributed by atoms with Gasteiger partial charge in [0.2, 0.25) is 0 Å². The number of methoxy groups -OCH3 is 2. The van der Waals surface area contributed by atoms with E-state index in [2.05, 4.69) is 61.3 Å². The molecule has 0 aliphatic heterocycles. The lowest BCUT2D eigenvalue weighted by molar-refractivity contribution is 0.202. The topological polar surface area (TPSA) is 18.5 Å². The Balaban J connectivity index is 0.000000292. The Morgan fingerprint density at radius 1 is 0.750 bits per heavy atom. The van der Waals surface area contributed by atoms with Crippen molar-refractivity contribution < 1.29 is 9.47 Å². The molecule has 2 aromatic rings. The average molecular weight is 393 g/mol. The Morgan fingerprint density at radius 3 is 1.54 bits per heavy atom. The second kappa shape index (κ2) is 13.0. The standard InChI is InChI=1S/C14H20OSi.C11H12O/c1-15-11-9-13-5-7-14(8-6-13)10-12-16(2,3)4;1-3-10-4-6-11(7-5-10)8-9-12-2/h5-8H,9,11H2,1-4H3;1,4-7H,8-9H2,2H3. The minimum atomic E-state index is -1.26. The number of hydrogen-bond donors (Lipinski definition) is 0. The van der Waals surface area contributed by atoms with Crippen molar-refractivity contribution in [1.29, 1.82) is 0 Å². The Morgan fingerprint density at radius 2 is 1.18 bits per heavy atom. The highest BCUT2D eigenvalue weighted by Crippen LogP contribution is 2.06. The first kappa shape index (κ1) is 23.7. The normalized spacial score (nSPS) is 10.1. The maximum Gasteiger partial charge on any atom is 0.129 e. The van der Waals surface area contributed by atoms with Gasteiger partial charge >= 0.3 is 0 Å². The highest BCUT2D eigenvalue weighted by atomic mass is 28.3. The van der Waals surface area contributed by atoms with Crippen molar-refractivity contribution in [1.82, 2.24) is 0 Å². The van der Waals surface area contributed by atoms with Crippen LogP contribution in [-0.2, 0) is 22.3 Å². The minimum absolute atomic E-state index is 0.759. The molecular formula is C25H32O2Si. The lowest BCUT2D eigenvalue weighted by Gasteiger charge is -2.03. The summed E-state index contributed by atoms with van der Waals surface area (Å²) in [7, 11) is 2.18. The molecule has 0 heterocycles. The Bertz CT molecular complexity index is 782. The van der Waals surface area contributed by atoms with E-state index in [4.69, 9.17) is 15.9 Å². The highest BCUT2D eigenvalue weighted by Gasteiger charge is 2.07. The van der Waals surface area contributed by atoms with Gasteiger partial charge in [0, 0.05) is 25.3 Å². The summed E-state index contributed by atoms with van der Waals surface area (Å²) >= 11 is 0. The molecule has 0 N–H and O–H groups in total. The second-order valence-corrected chi connectivity index (χ2v) is 12.3. The van der Waals surface area contributed by atoms with Gasteiger partial charge in [0.15, 0.2) is 0 Å². The van der Waals surface area contributed by atoms with Crippen molar-refractivity contribution in [2.24, 2.45) is 0 Å². The van der Waals surface area contributed by atoms with Crippen molar-refractivity contribution in [2.75, 3.05) is 27.4 Å². The molecule has 2 nitrogen and oxygen atoms in total. The van der Waals surface area contributed by atoms with Gasteiger partial charge in [-0.3, -0.25) is 0 Å². The van der Waals surface area contributed by atoms with Gasteiger partial charge in [-0.1, -0.05) is 55.7 Å². The van der Waals surface area contributed by atoms with Gasteiger partial charge in [-0.15, -0.1) is 12.0 Å². The van der Waals surface area contributed by atoms with Crippen LogP contribution in [0.15, 0.2) is 48.5 Å². The third-order valence-electron chi connectivity index (χ3n) is 3.85. The number of benzene rings is 2. The molecule has 0 aromatic heterocycles. The molecule has 28 heavy (non-hydrogen) atoms. The Labute approximate surface area is 172 Å². The molecular weight excluding hydrogens is 360 g/mol. The summed E-state index contributed by atoms with van der Waals surface area (Å²) in [6, 6.07) is 16.4. The van der Waals surface area contributed by atoms with Crippen LogP contribution in [0.3, 0.4) is 0 Å². The lowest BCUT2D eigenvalue weighted by atomic mass is 10.1. The van der Waals surface area contributed by atoms with Crippen molar-refractivity contribution in [2.45, 2.75) is 32.5 Å². The van der Waals surface area contributed by atoms with Crippen LogP contribution in [-0.4, -0.2) is 35.5 Å². The number of ether oxygens (including phenoxy) is 2. The van der Waals surface area contributed by atoms with Crippen LogP contribution in [0.2, 0.25) is 19.6 Å². The third-order valence-corrected chi connectivity index (χ3v) is 4.72. The molecule has 0 radical (unpaired) electrons. The third kappa shape index (κ3) is 10.8. The molecule has 0 amide bonds. The Kier molecular flexibility index (Phi) is 11.0. The van der Waals surface area contributed by atoms with Crippen LogP contribution in [0.4, 0.5) is 0 Å². The fraction of sp³-hybridized carbons (Fsp3) is 0.360. The zero-order chi connectivity index (χ0) is 20.8. The first-order valence-electron chi connectivity index (χ1n) is 9.53. The van der Waals surface area contributed by atoms with Gasteiger partial charge in [-0.25, -0.2) is 0 Å². The predicted octanol–water partition coefficient (Wildman–Crippen LogP) is 4.96. The molecule has 0 saturated heterocycles. The van der Waals surface area contributed by atoms with Gasteiger partial charge in [-0.05, 0) is 48.2 Å². The van der Waals surface area contributed by atoms with Crippen LogP contribution < -0.4 is 0 Å². The van der Waals surface area contributed by atoms with Gasteiger partial charge in [-0.2, -0.15) is 0 Å².